The van der Waals surface area contributed by atoms with Crippen LogP contribution in [0.3, 0.4) is 0 Å². The average Bonchev–Trinajstić information content (AvgIpc) is 2.75. The Morgan fingerprint density at radius 3 is 2.70 bits per heavy atom. The number of imidazole rings is 1. The Bertz CT molecular complexity index is 789. The van der Waals surface area contributed by atoms with E-state index in [9.17, 15) is 4.39 Å². The van der Waals surface area contributed by atoms with Gasteiger partial charge in [-0.05, 0) is 41.9 Å². The van der Waals surface area contributed by atoms with Crippen LogP contribution in [0.1, 0.15) is 18.4 Å². The number of aromatic nitrogens is 2. The second-order valence-electron chi connectivity index (χ2n) is 5.01. The molecule has 0 radical (unpaired) electrons. The maximum Gasteiger partial charge on any atom is 0.178 e. The van der Waals surface area contributed by atoms with Gasteiger partial charge in [0.25, 0.3) is 0 Å². The number of hydrogen-bond donors (Lipinski definition) is 1. The number of halogens is 1. The van der Waals surface area contributed by atoms with Crippen molar-refractivity contribution in [3.8, 4) is 0 Å². The lowest BCUT2D eigenvalue weighted by Gasteiger charge is -2.13. The largest absolute Gasteiger partial charge is 0.330 e. The van der Waals surface area contributed by atoms with Gasteiger partial charge in [0.1, 0.15) is 5.82 Å². The molecule has 0 aliphatic rings. The van der Waals surface area contributed by atoms with Gasteiger partial charge in [0.15, 0.2) is 4.77 Å². The molecule has 1 unspecified atom stereocenters. The van der Waals surface area contributed by atoms with Crippen LogP contribution in [0.5, 0.6) is 0 Å². The number of aromatic amines is 1. The molecule has 102 valence electrons. The lowest BCUT2D eigenvalue weighted by molar-refractivity contribution is 0.604. The van der Waals surface area contributed by atoms with E-state index in [2.05, 4.69) is 24.0 Å². The molecule has 2 aromatic carbocycles. The molecule has 1 aromatic heterocycles. The van der Waals surface area contributed by atoms with Gasteiger partial charge >= 0.3 is 0 Å². The van der Waals surface area contributed by atoms with Gasteiger partial charge in [-0.2, -0.15) is 0 Å². The fourth-order valence-corrected chi connectivity index (χ4v) is 2.76. The summed E-state index contributed by atoms with van der Waals surface area (Å²) in [4.78, 5) is 3.06. The van der Waals surface area contributed by atoms with Gasteiger partial charge in [-0.3, -0.25) is 0 Å². The lowest BCUT2D eigenvalue weighted by Crippen LogP contribution is -2.06. The van der Waals surface area contributed by atoms with Gasteiger partial charge in [0, 0.05) is 6.54 Å². The first kappa shape index (κ1) is 13.1. The van der Waals surface area contributed by atoms with Crippen LogP contribution < -0.4 is 0 Å². The Labute approximate surface area is 121 Å². The molecular formula is C16H15FN2S. The molecule has 0 saturated carbocycles. The fourth-order valence-electron chi connectivity index (χ4n) is 2.48. The molecule has 0 aliphatic heterocycles. The molecule has 3 rings (SSSR count). The van der Waals surface area contributed by atoms with Gasteiger partial charge in [0.05, 0.1) is 11.0 Å². The van der Waals surface area contributed by atoms with Crippen LogP contribution in [0.2, 0.25) is 0 Å². The molecule has 0 aliphatic carbocycles. The van der Waals surface area contributed by atoms with E-state index >= 15 is 0 Å². The third kappa shape index (κ3) is 2.39. The van der Waals surface area contributed by atoms with Crippen LogP contribution in [-0.4, -0.2) is 9.55 Å². The summed E-state index contributed by atoms with van der Waals surface area (Å²) in [6, 6.07) is 15.0. The smallest absolute Gasteiger partial charge is 0.178 e. The fraction of sp³-hybridized carbons (Fsp3) is 0.188. The van der Waals surface area contributed by atoms with E-state index < -0.39 is 0 Å². The topological polar surface area (TPSA) is 20.7 Å². The number of benzene rings is 2. The predicted molar refractivity (Wildman–Crippen MR) is 81.9 cm³/mol. The Kier molecular flexibility index (Phi) is 3.40. The van der Waals surface area contributed by atoms with Crippen molar-refractivity contribution < 1.29 is 4.39 Å². The molecule has 20 heavy (non-hydrogen) atoms. The van der Waals surface area contributed by atoms with Crippen LogP contribution in [0.4, 0.5) is 4.39 Å². The highest BCUT2D eigenvalue weighted by Crippen LogP contribution is 2.21. The minimum absolute atomic E-state index is 0.253. The van der Waals surface area contributed by atoms with Gasteiger partial charge in [0.2, 0.25) is 0 Å². The Morgan fingerprint density at radius 2 is 1.95 bits per heavy atom. The van der Waals surface area contributed by atoms with E-state index in [4.69, 9.17) is 12.2 Å². The standard InChI is InChI=1S/C16H15FN2S/c1-11(12-5-3-2-4-6-12)10-19-15-8-7-13(17)9-14(15)18-16(19)20/h2-9,11H,10H2,1H3,(H,18,20). The highest BCUT2D eigenvalue weighted by molar-refractivity contribution is 7.71. The van der Waals surface area contributed by atoms with Gasteiger partial charge < -0.3 is 9.55 Å². The van der Waals surface area contributed by atoms with Crippen LogP contribution in [0, 0.1) is 10.6 Å². The number of fused-ring (bicyclic) bond motifs is 1. The van der Waals surface area contributed by atoms with E-state index in [1.165, 1.54) is 17.7 Å². The second kappa shape index (κ2) is 5.21. The summed E-state index contributed by atoms with van der Waals surface area (Å²) in [5, 5.41) is 0. The van der Waals surface area contributed by atoms with Gasteiger partial charge in [-0.15, -0.1) is 0 Å². The number of nitrogens with one attached hydrogen (secondary N) is 1. The highest BCUT2D eigenvalue weighted by Gasteiger charge is 2.10. The molecule has 2 nitrogen and oxygen atoms in total. The van der Waals surface area contributed by atoms with Crippen LogP contribution in [0.15, 0.2) is 48.5 Å². The van der Waals surface area contributed by atoms with Crippen molar-refractivity contribution >= 4 is 23.3 Å². The van der Waals surface area contributed by atoms with E-state index in [1.54, 1.807) is 6.07 Å². The van der Waals surface area contributed by atoms with E-state index in [-0.39, 0.29) is 5.82 Å². The summed E-state index contributed by atoms with van der Waals surface area (Å²) in [5.41, 5.74) is 2.96. The zero-order chi connectivity index (χ0) is 14.1. The molecule has 4 heteroatoms. The third-order valence-electron chi connectivity index (χ3n) is 3.56. The summed E-state index contributed by atoms with van der Waals surface area (Å²) in [6.07, 6.45) is 0. The summed E-state index contributed by atoms with van der Waals surface area (Å²) in [6.45, 7) is 2.94. The second-order valence-corrected chi connectivity index (χ2v) is 5.40. The summed E-state index contributed by atoms with van der Waals surface area (Å²) < 4.78 is 15.9. The first-order valence-electron chi connectivity index (χ1n) is 6.58. The van der Waals surface area contributed by atoms with Crippen molar-refractivity contribution in [3.05, 3.63) is 64.7 Å². The molecule has 1 atom stereocenters. The Hall–Kier alpha value is -1.94. The lowest BCUT2D eigenvalue weighted by atomic mass is 10.0. The monoisotopic (exact) mass is 286 g/mol. The maximum absolute atomic E-state index is 13.2. The van der Waals surface area contributed by atoms with E-state index in [0.29, 0.717) is 10.7 Å². The van der Waals surface area contributed by atoms with Gasteiger partial charge in [-0.25, -0.2) is 4.39 Å². The number of H-pyrrole nitrogens is 1. The summed E-state index contributed by atoms with van der Waals surface area (Å²) in [7, 11) is 0. The van der Waals surface area contributed by atoms with Crippen molar-refractivity contribution in [2.45, 2.75) is 19.4 Å². The van der Waals surface area contributed by atoms with Crippen molar-refractivity contribution in [2.24, 2.45) is 0 Å². The highest BCUT2D eigenvalue weighted by atomic mass is 32.1. The zero-order valence-electron chi connectivity index (χ0n) is 11.1. The van der Waals surface area contributed by atoms with Gasteiger partial charge in [-0.1, -0.05) is 37.3 Å². The molecule has 0 saturated heterocycles. The first-order valence-corrected chi connectivity index (χ1v) is 6.99. The number of rotatable bonds is 3. The molecule has 0 bridgehead atoms. The SMILES string of the molecule is CC(Cn1c(=S)[nH]c2cc(F)ccc21)c1ccccc1. The van der Waals surface area contributed by atoms with Crippen molar-refractivity contribution in [1.82, 2.24) is 9.55 Å². The molecular weight excluding hydrogens is 271 g/mol. The molecule has 1 N–H and O–H groups in total. The Balaban J connectivity index is 1.99. The summed E-state index contributed by atoms with van der Waals surface area (Å²) in [5.74, 6) is 0.0870. The molecule has 3 aromatic rings. The molecule has 1 heterocycles. The van der Waals surface area contributed by atoms with Crippen LogP contribution in [0.25, 0.3) is 11.0 Å². The van der Waals surface area contributed by atoms with Crippen molar-refractivity contribution in [3.63, 3.8) is 0 Å². The van der Waals surface area contributed by atoms with Crippen LogP contribution in [-0.2, 0) is 6.54 Å². The molecule has 0 fully saturated rings. The third-order valence-corrected chi connectivity index (χ3v) is 3.88. The van der Waals surface area contributed by atoms with Crippen molar-refractivity contribution in [1.29, 1.82) is 0 Å². The summed E-state index contributed by atoms with van der Waals surface area (Å²) >= 11 is 5.35. The molecule has 0 spiro atoms. The minimum Gasteiger partial charge on any atom is -0.330 e. The average molecular weight is 286 g/mol. The Morgan fingerprint density at radius 1 is 1.20 bits per heavy atom. The van der Waals surface area contributed by atoms with E-state index in [0.717, 1.165) is 17.6 Å². The normalized spacial score (nSPS) is 12.7. The van der Waals surface area contributed by atoms with Crippen LogP contribution >= 0.6 is 12.2 Å². The first-order chi connectivity index (χ1) is 9.65. The maximum atomic E-state index is 13.2. The van der Waals surface area contributed by atoms with Crippen molar-refractivity contribution in [2.75, 3.05) is 0 Å². The number of hydrogen-bond acceptors (Lipinski definition) is 1. The molecule has 0 amide bonds. The zero-order valence-corrected chi connectivity index (χ0v) is 12.0. The predicted octanol–water partition coefficient (Wildman–Crippen LogP) is 4.64. The number of nitrogens with zero attached hydrogens (tertiary/aromatic N) is 1. The van der Waals surface area contributed by atoms with E-state index in [1.807, 2.05) is 22.8 Å². The quantitative estimate of drug-likeness (QED) is 0.695. The minimum atomic E-state index is -0.253.